The van der Waals surface area contributed by atoms with E-state index >= 15 is 0 Å². The molecule has 4 nitrogen and oxygen atoms in total. The van der Waals surface area contributed by atoms with E-state index < -0.39 is 0 Å². The molecule has 1 aromatic carbocycles. The Bertz CT molecular complexity index is 935. The van der Waals surface area contributed by atoms with Crippen molar-refractivity contribution in [2.45, 2.75) is 32.1 Å². The van der Waals surface area contributed by atoms with Gasteiger partial charge in [0.25, 0.3) is 0 Å². The summed E-state index contributed by atoms with van der Waals surface area (Å²) in [5, 5.41) is 0. The molecule has 4 rings (SSSR count). The highest BCUT2D eigenvalue weighted by Gasteiger charge is 2.20. The van der Waals surface area contributed by atoms with Crippen molar-refractivity contribution >= 4 is 28.2 Å². The summed E-state index contributed by atoms with van der Waals surface area (Å²) in [6.45, 7) is 0. The molecule has 1 aliphatic rings. The van der Waals surface area contributed by atoms with Crippen molar-refractivity contribution in [3.63, 3.8) is 0 Å². The van der Waals surface area contributed by atoms with Crippen LogP contribution in [0.25, 0.3) is 11.0 Å². The standard InChI is InChI=1S/C20H20N2O2S/c1-24-15-10-7-14(8-11-15)9-12-18(23)17-13-21-20-22(17)16-5-3-2-4-6-19(16)25-20/h7-13H,2-6H2,1H3. The predicted octanol–water partition coefficient (Wildman–Crippen LogP) is 4.57. The lowest BCUT2D eigenvalue weighted by atomic mass is 10.1. The monoisotopic (exact) mass is 352 g/mol. The van der Waals surface area contributed by atoms with E-state index in [1.165, 1.54) is 29.8 Å². The average Bonchev–Trinajstić information content (AvgIpc) is 3.12. The van der Waals surface area contributed by atoms with E-state index in [4.69, 9.17) is 4.74 Å². The Labute approximate surface area is 150 Å². The molecule has 0 amide bonds. The van der Waals surface area contributed by atoms with Gasteiger partial charge in [-0.05, 0) is 49.5 Å². The van der Waals surface area contributed by atoms with Crippen molar-refractivity contribution in [1.29, 1.82) is 0 Å². The van der Waals surface area contributed by atoms with Gasteiger partial charge in [-0.2, -0.15) is 0 Å². The van der Waals surface area contributed by atoms with E-state index in [1.54, 1.807) is 30.7 Å². The second kappa shape index (κ2) is 6.84. The highest BCUT2D eigenvalue weighted by atomic mass is 32.1. The zero-order valence-electron chi connectivity index (χ0n) is 14.2. The Morgan fingerprint density at radius 2 is 2.00 bits per heavy atom. The number of imidazole rings is 1. The van der Waals surface area contributed by atoms with Crippen LogP contribution < -0.4 is 4.74 Å². The third-order valence-electron chi connectivity index (χ3n) is 4.65. The molecule has 1 aliphatic carbocycles. The summed E-state index contributed by atoms with van der Waals surface area (Å²) in [7, 11) is 1.64. The minimum absolute atomic E-state index is 0.00633. The Kier molecular flexibility index (Phi) is 4.40. The second-order valence-electron chi connectivity index (χ2n) is 6.26. The number of nitrogens with zero attached hydrogens (tertiary/aromatic N) is 2. The van der Waals surface area contributed by atoms with Gasteiger partial charge in [0.05, 0.1) is 13.3 Å². The van der Waals surface area contributed by atoms with Crippen molar-refractivity contribution < 1.29 is 9.53 Å². The van der Waals surface area contributed by atoms with Gasteiger partial charge in [0.15, 0.2) is 4.96 Å². The number of fused-ring (bicyclic) bond motifs is 3. The number of benzene rings is 1. The fraction of sp³-hybridized carbons (Fsp3) is 0.300. The summed E-state index contributed by atoms with van der Waals surface area (Å²) in [6, 6.07) is 7.65. The summed E-state index contributed by atoms with van der Waals surface area (Å²) >= 11 is 1.73. The second-order valence-corrected chi connectivity index (χ2v) is 7.33. The van der Waals surface area contributed by atoms with Gasteiger partial charge < -0.3 is 4.74 Å². The van der Waals surface area contributed by atoms with Crippen molar-refractivity contribution in [2.75, 3.05) is 7.11 Å². The first-order valence-corrected chi connectivity index (χ1v) is 9.42. The third kappa shape index (κ3) is 3.12. The van der Waals surface area contributed by atoms with Gasteiger partial charge in [-0.15, -0.1) is 11.3 Å². The Hall–Kier alpha value is -2.40. The van der Waals surface area contributed by atoms with Crippen LogP contribution in [0, 0.1) is 0 Å². The number of aromatic nitrogens is 2. The molecule has 0 saturated carbocycles. The van der Waals surface area contributed by atoms with Gasteiger partial charge in [-0.3, -0.25) is 9.20 Å². The minimum atomic E-state index is -0.00633. The number of allylic oxidation sites excluding steroid dienone is 1. The zero-order valence-corrected chi connectivity index (χ0v) is 15.0. The SMILES string of the molecule is COc1ccc(C=CC(=O)c2cnc3sc4c(n23)CCCCC4)cc1. The number of hydrogen-bond donors (Lipinski definition) is 0. The number of carbonyl (C=O) groups excluding carboxylic acids is 1. The summed E-state index contributed by atoms with van der Waals surface area (Å²) < 4.78 is 7.23. The quantitative estimate of drug-likeness (QED) is 0.392. The molecule has 0 N–H and O–H groups in total. The van der Waals surface area contributed by atoms with Gasteiger partial charge in [-0.25, -0.2) is 4.98 Å². The van der Waals surface area contributed by atoms with Crippen LogP contribution in [0.1, 0.15) is 45.9 Å². The summed E-state index contributed by atoms with van der Waals surface area (Å²) in [5.74, 6) is 0.801. The molecule has 0 spiro atoms. The molecule has 0 bridgehead atoms. The number of ketones is 1. The van der Waals surface area contributed by atoms with Gasteiger partial charge in [-0.1, -0.05) is 24.6 Å². The summed E-state index contributed by atoms with van der Waals surface area (Å²) in [6.07, 6.45) is 11.0. The fourth-order valence-electron chi connectivity index (χ4n) is 3.31. The molecule has 0 aliphatic heterocycles. The van der Waals surface area contributed by atoms with Crippen LogP contribution in [0.2, 0.25) is 0 Å². The van der Waals surface area contributed by atoms with E-state index in [2.05, 4.69) is 9.38 Å². The number of rotatable bonds is 4. The van der Waals surface area contributed by atoms with Crippen LogP contribution >= 0.6 is 11.3 Å². The van der Waals surface area contributed by atoms with E-state index in [0.29, 0.717) is 5.69 Å². The van der Waals surface area contributed by atoms with Crippen LogP contribution in [0.4, 0.5) is 0 Å². The predicted molar refractivity (Wildman–Crippen MR) is 101 cm³/mol. The fourth-order valence-corrected chi connectivity index (χ4v) is 4.49. The van der Waals surface area contributed by atoms with Crippen LogP contribution in [0.5, 0.6) is 5.75 Å². The first-order chi connectivity index (χ1) is 12.3. The number of aryl methyl sites for hydroxylation is 2. The topological polar surface area (TPSA) is 43.6 Å². The molecule has 2 heterocycles. The van der Waals surface area contributed by atoms with Gasteiger partial charge >= 0.3 is 0 Å². The van der Waals surface area contributed by atoms with Crippen molar-refractivity contribution in [1.82, 2.24) is 9.38 Å². The maximum atomic E-state index is 12.7. The number of carbonyl (C=O) groups is 1. The largest absolute Gasteiger partial charge is 0.497 e. The maximum Gasteiger partial charge on any atom is 0.204 e. The molecule has 0 atom stereocenters. The lowest BCUT2D eigenvalue weighted by Gasteiger charge is -2.02. The number of hydrogen-bond acceptors (Lipinski definition) is 4. The van der Waals surface area contributed by atoms with E-state index in [0.717, 1.165) is 29.1 Å². The average molecular weight is 352 g/mol. The van der Waals surface area contributed by atoms with Crippen LogP contribution in [-0.4, -0.2) is 22.3 Å². The summed E-state index contributed by atoms with van der Waals surface area (Å²) in [4.78, 5) is 19.5. The van der Waals surface area contributed by atoms with E-state index in [-0.39, 0.29) is 5.78 Å². The van der Waals surface area contributed by atoms with Gasteiger partial charge in [0.1, 0.15) is 11.4 Å². The van der Waals surface area contributed by atoms with E-state index in [1.807, 2.05) is 30.3 Å². The molecular weight excluding hydrogens is 332 g/mol. The van der Waals surface area contributed by atoms with Crippen molar-refractivity contribution in [3.05, 3.63) is 58.4 Å². The first-order valence-electron chi connectivity index (χ1n) is 8.61. The maximum absolute atomic E-state index is 12.7. The normalized spacial score (nSPS) is 14.6. The molecule has 0 radical (unpaired) electrons. The lowest BCUT2D eigenvalue weighted by Crippen LogP contribution is -2.03. The van der Waals surface area contributed by atoms with Crippen LogP contribution in [-0.2, 0) is 12.8 Å². The molecular formula is C20H20N2O2S. The Morgan fingerprint density at radius 3 is 2.80 bits per heavy atom. The van der Waals surface area contributed by atoms with Crippen LogP contribution in [0.3, 0.4) is 0 Å². The zero-order chi connectivity index (χ0) is 17.2. The number of methoxy groups -OCH3 is 1. The molecule has 3 aromatic rings. The molecule has 25 heavy (non-hydrogen) atoms. The molecule has 128 valence electrons. The third-order valence-corrected chi connectivity index (χ3v) is 5.81. The Morgan fingerprint density at radius 1 is 1.20 bits per heavy atom. The van der Waals surface area contributed by atoms with Crippen molar-refractivity contribution in [3.8, 4) is 5.75 Å². The molecule has 0 unspecified atom stereocenters. The number of thiazole rings is 1. The minimum Gasteiger partial charge on any atom is -0.497 e. The van der Waals surface area contributed by atoms with Crippen LogP contribution in [0.15, 0.2) is 36.5 Å². The lowest BCUT2D eigenvalue weighted by molar-refractivity contribution is 0.104. The molecule has 0 saturated heterocycles. The molecule has 0 fully saturated rings. The highest BCUT2D eigenvalue weighted by molar-refractivity contribution is 7.17. The van der Waals surface area contributed by atoms with Gasteiger partial charge in [0, 0.05) is 10.6 Å². The Balaban J connectivity index is 1.63. The molecule has 2 aromatic heterocycles. The van der Waals surface area contributed by atoms with Crippen molar-refractivity contribution in [2.24, 2.45) is 0 Å². The highest BCUT2D eigenvalue weighted by Crippen LogP contribution is 2.30. The summed E-state index contributed by atoms with van der Waals surface area (Å²) in [5.41, 5.74) is 2.93. The number of ether oxygens (including phenoxy) is 1. The molecule has 5 heteroatoms. The first kappa shape index (κ1) is 16.1. The smallest absolute Gasteiger partial charge is 0.204 e. The van der Waals surface area contributed by atoms with E-state index in [9.17, 15) is 4.79 Å². The van der Waals surface area contributed by atoms with Gasteiger partial charge in [0.2, 0.25) is 5.78 Å².